The zero-order valence-corrected chi connectivity index (χ0v) is 7.66. The standard InChI is InChI=1S/C10H11FN2O/c1-2-3-7-10(14)13-9-6-4-5-8(11)12-9/h2,4-6H,1,3,7H2,(H,12,13,14). The van der Waals surface area contributed by atoms with E-state index in [1.54, 1.807) is 6.08 Å². The minimum absolute atomic E-state index is 0.192. The third-order valence-electron chi connectivity index (χ3n) is 1.56. The maximum atomic E-state index is 12.6. The van der Waals surface area contributed by atoms with Crippen LogP contribution < -0.4 is 5.32 Å². The van der Waals surface area contributed by atoms with Gasteiger partial charge in [0.05, 0.1) is 0 Å². The van der Waals surface area contributed by atoms with E-state index in [1.807, 2.05) is 0 Å². The molecule has 1 amide bonds. The van der Waals surface area contributed by atoms with Crippen LogP contribution in [0.3, 0.4) is 0 Å². The molecule has 0 aliphatic carbocycles. The number of hydrogen-bond acceptors (Lipinski definition) is 2. The monoisotopic (exact) mass is 194 g/mol. The molecule has 0 unspecified atom stereocenters. The van der Waals surface area contributed by atoms with Crippen molar-refractivity contribution < 1.29 is 9.18 Å². The van der Waals surface area contributed by atoms with E-state index in [4.69, 9.17) is 0 Å². The fraction of sp³-hybridized carbons (Fsp3) is 0.200. The number of nitrogens with one attached hydrogen (secondary N) is 1. The highest BCUT2D eigenvalue weighted by atomic mass is 19.1. The number of rotatable bonds is 4. The molecule has 0 atom stereocenters. The highest BCUT2D eigenvalue weighted by Crippen LogP contribution is 2.04. The first-order valence-corrected chi connectivity index (χ1v) is 4.25. The van der Waals surface area contributed by atoms with Crippen LogP contribution in [0.4, 0.5) is 10.2 Å². The van der Waals surface area contributed by atoms with Crippen molar-refractivity contribution in [1.29, 1.82) is 0 Å². The lowest BCUT2D eigenvalue weighted by Crippen LogP contribution is -2.12. The lowest BCUT2D eigenvalue weighted by atomic mass is 10.3. The zero-order valence-electron chi connectivity index (χ0n) is 7.66. The number of amides is 1. The summed E-state index contributed by atoms with van der Waals surface area (Å²) in [7, 11) is 0. The van der Waals surface area contributed by atoms with Gasteiger partial charge in [0, 0.05) is 6.42 Å². The highest BCUT2D eigenvalue weighted by molar-refractivity contribution is 5.89. The molecule has 0 aliphatic heterocycles. The Morgan fingerprint density at radius 1 is 1.64 bits per heavy atom. The van der Waals surface area contributed by atoms with E-state index in [0.29, 0.717) is 12.8 Å². The number of carbonyl (C=O) groups excluding carboxylic acids is 1. The molecular weight excluding hydrogens is 183 g/mol. The molecule has 0 aromatic carbocycles. The highest BCUT2D eigenvalue weighted by Gasteiger charge is 2.02. The molecule has 1 rings (SSSR count). The van der Waals surface area contributed by atoms with Crippen molar-refractivity contribution in [3.8, 4) is 0 Å². The van der Waals surface area contributed by atoms with E-state index in [1.165, 1.54) is 18.2 Å². The largest absolute Gasteiger partial charge is 0.311 e. The molecule has 1 heterocycles. The molecule has 1 aromatic rings. The van der Waals surface area contributed by atoms with Crippen molar-refractivity contribution >= 4 is 11.7 Å². The van der Waals surface area contributed by atoms with E-state index in [-0.39, 0.29) is 11.7 Å². The molecule has 0 aliphatic rings. The number of carbonyl (C=O) groups is 1. The van der Waals surface area contributed by atoms with Crippen LogP contribution in [-0.4, -0.2) is 10.9 Å². The molecular formula is C10H11FN2O. The first-order chi connectivity index (χ1) is 6.72. The van der Waals surface area contributed by atoms with E-state index in [0.717, 1.165) is 0 Å². The lowest BCUT2D eigenvalue weighted by molar-refractivity contribution is -0.116. The average molecular weight is 194 g/mol. The van der Waals surface area contributed by atoms with Crippen LogP contribution in [0.2, 0.25) is 0 Å². The second-order valence-corrected chi connectivity index (χ2v) is 2.72. The first-order valence-electron chi connectivity index (χ1n) is 4.25. The molecule has 0 fully saturated rings. The summed E-state index contributed by atoms with van der Waals surface area (Å²) >= 11 is 0. The molecule has 0 saturated heterocycles. The second-order valence-electron chi connectivity index (χ2n) is 2.72. The van der Waals surface area contributed by atoms with E-state index in [2.05, 4.69) is 16.9 Å². The normalized spacial score (nSPS) is 9.50. The summed E-state index contributed by atoms with van der Waals surface area (Å²) in [4.78, 5) is 14.7. The first kappa shape index (κ1) is 10.4. The van der Waals surface area contributed by atoms with Crippen molar-refractivity contribution in [3.63, 3.8) is 0 Å². The second kappa shape index (κ2) is 5.11. The van der Waals surface area contributed by atoms with Gasteiger partial charge in [-0.15, -0.1) is 6.58 Å². The van der Waals surface area contributed by atoms with Crippen LogP contribution in [0.25, 0.3) is 0 Å². The third-order valence-corrected chi connectivity index (χ3v) is 1.56. The number of nitrogens with zero attached hydrogens (tertiary/aromatic N) is 1. The maximum Gasteiger partial charge on any atom is 0.225 e. The Balaban J connectivity index is 2.51. The fourth-order valence-corrected chi connectivity index (χ4v) is 0.916. The lowest BCUT2D eigenvalue weighted by Gasteiger charge is -2.02. The van der Waals surface area contributed by atoms with Gasteiger partial charge in [0.25, 0.3) is 0 Å². The van der Waals surface area contributed by atoms with Gasteiger partial charge >= 0.3 is 0 Å². The Kier molecular flexibility index (Phi) is 3.79. The van der Waals surface area contributed by atoms with Crippen LogP contribution in [0, 0.1) is 5.95 Å². The topological polar surface area (TPSA) is 42.0 Å². The molecule has 14 heavy (non-hydrogen) atoms. The summed E-state index contributed by atoms with van der Waals surface area (Å²) in [6.45, 7) is 3.50. The van der Waals surface area contributed by atoms with Crippen LogP contribution >= 0.6 is 0 Å². The summed E-state index contributed by atoms with van der Waals surface area (Å²) in [6, 6.07) is 4.25. The van der Waals surface area contributed by atoms with E-state index in [9.17, 15) is 9.18 Å². The number of pyridine rings is 1. The summed E-state index contributed by atoms with van der Waals surface area (Å²) in [5.74, 6) is -0.561. The summed E-state index contributed by atoms with van der Waals surface area (Å²) < 4.78 is 12.6. The Labute approximate surface area is 81.7 Å². The van der Waals surface area contributed by atoms with Crippen molar-refractivity contribution in [2.45, 2.75) is 12.8 Å². The Hall–Kier alpha value is -1.71. The molecule has 1 aromatic heterocycles. The predicted molar refractivity (Wildman–Crippen MR) is 52.3 cm³/mol. The quantitative estimate of drug-likeness (QED) is 0.589. The summed E-state index contributed by atoms with van der Waals surface area (Å²) in [5.41, 5.74) is 0. The van der Waals surface area contributed by atoms with Crippen LogP contribution in [-0.2, 0) is 4.79 Å². The van der Waals surface area contributed by atoms with Crippen molar-refractivity contribution in [3.05, 3.63) is 36.8 Å². The molecule has 3 nitrogen and oxygen atoms in total. The van der Waals surface area contributed by atoms with E-state index >= 15 is 0 Å². The van der Waals surface area contributed by atoms with Crippen molar-refractivity contribution in [2.24, 2.45) is 0 Å². The van der Waals surface area contributed by atoms with Crippen molar-refractivity contribution in [1.82, 2.24) is 4.98 Å². The van der Waals surface area contributed by atoms with Gasteiger partial charge in [-0.2, -0.15) is 4.39 Å². The van der Waals surface area contributed by atoms with Gasteiger partial charge in [0.15, 0.2) is 0 Å². The fourth-order valence-electron chi connectivity index (χ4n) is 0.916. The summed E-state index contributed by atoms with van der Waals surface area (Å²) in [5, 5.41) is 2.48. The van der Waals surface area contributed by atoms with Gasteiger partial charge in [-0.1, -0.05) is 12.1 Å². The SMILES string of the molecule is C=CCCC(=O)Nc1cccc(F)n1. The zero-order chi connectivity index (χ0) is 10.4. The van der Waals surface area contributed by atoms with Gasteiger partial charge in [0.2, 0.25) is 11.9 Å². The van der Waals surface area contributed by atoms with Gasteiger partial charge in [-0.25, -0.2) is 4.98 Å². The van der Waals surface area contributed by atoms with E-state index < -0.39 is 5.95 Å². The Morgan fingerprint density at radius 2 is 2.43 bits per heavy atom. The minimum Gasteiger partial charge on any atom is -0.311 e. The molecule has 0 saturated carbocycles. The molecule has 4 heteroatoms. The maximum absolute atomic E-state index is 12.6. The van der Waals surface area contributed by atoms with Gasteiger partial charge < -0.3 is 5.32 Å². The third kappa shape index (κ3) is 3.35. The van der Waals surface area contributed by atoms with Gasteiger partial charge in [-0.05, 0) is 18.6 Å². The summed E-state index contributed by atoms with van der Waals surface area (Å²) in [6.07, 6.45) is 2.58. The Bertz CT molecular complexity index is 339. The van der Waals surface area contributed by atoms with Crippen molar-refractivity contribution in [2.75, 3.05) is 5.32 Å². The smallest absolute Gasteiger partial charge is 0.225 e. The van der Waals surface area contributed by atoms with Crippen LogP contribution in [0.1, 0.15) is 12.8 Å². The predicted octanol–water partition coefficient (Wildman–Crippen LogP) is 2.13. The van der Waals surface area contributed by atoms with Gasteiger partial charge in [0.1, 0.15) is 5.82 Å². The molecule has 1 N–H and O–H groups in total. The van der Waals surface area contributed by atoms with Crippen LogP contribution in [0.5, 0.6) is 0 Å². The number of hydrogen-bond donors (Lipinski definition) is 1. The number of halogens is 1. The number of allylic oxidation sites excluding steroid dienone is 1. The molecule has 0 radical (unpaired) electrons. The number of aromatic nitrogens is 1. The molecule has 0 spiro atoms. The Morgan fingerprint density at radius 3 is 3.07 bits per heavy atom. The number of anilines is 1. The molecule has 0 bridgehead atoms. The average Bonchev–Trinajstić information content (AvgIpc) is 2.15. The molecule has 74 valence electrons. The van der Waals surface area contributed by atoms with Crippen LogP contribution in [0.15, 0.2) is 30.9 Å². The van der Waals surface area contributed by atoms with Gasteiger partial charge in [-0.3, -0.25) is 4.79 Å². The minimum atomic E-state index is -0.605.